The molecule has 0 amide bonds. The molecule has 3 heterocycles. The largest absolute Gasteiger partial charge is 0.354 e. The summed E-state index contributed by atoms with van der Waals surface area (Å²) in [5.41, 5.74) is 1.09. The first-order chi connectivity index (χ1) is 15.1. The third kappa shape index (κ3) is 3.68. The average Bonchev–Trinajstić information content (AvgIpc) is 3.39. The van der Waals surface area contributed by atoms with Crippen molar-refractivity contribution in [2.45, 2.75) is 6.42 Å². The molecule has 7 nitrogen and oxygen atoms in total. The maximum absolute atomic E-state index is 14.3. The van der Waals surface area contributed by atoms with Gasteiger partial charge >= 0.3 is 5.69 Å². The molecule has 0 saturated carbocycles. The SMILES string of the molecule is O=c1[nH]c2cnc(NC[C@@H]3CCNC3)nc2n1-c1cccc(-c2c(F)cccc2F)c1. The van der Waals surface area contributed by atoms with E-state index in [1.54, 1.807) is 30.5 Å². The molecule has 0 aliphatic carbocycles. The van der Waals surface area contributed by atoms with Gasteiger partial charge in [0.1, 0.15) is 17.2 Å². The lowest BCUT2D eigenvalue weighted by Gasteiger charge is -2.11. The molecule has 1 saturated heterocycles. The van der Waals surface area contributed by atoms with Gasteiger partial charge in [-0.25, -0.2) is 23.1 Å². The Morgan fingerprint density at radius 1 is 1.16 bits per heavy atom. The first kappa shape index (κ1) is 19.4. The Hall–Kier alpha value is -3.59. The van der Waals surface area contributed by atoms with Crippen molar-refractivity contribution < 1.29 is 8.78 Å². The van der Waals surface area contributed by atoms with Gasteiger partial charge in [0, 0.05) is 6.54 Å². The summed E-state index contributed by atoms with van der Waals surface area (Å²) in [6.45, 7) is 2.68. The van der Waals surface area contributed by atoms with Crippen LogP contribution < -0.4 is 16.3 Å². The van der Waals surface area contributed by atoms with Crippen LogP contribution in [0, 0.1) is 17.6 Å². The van der Waals surface area contributed by atoms with E-state index in [0.29, 0.717) is 34.3 Å². The molecule has 0 unspecified atom stereocenters. The number of H-pyrrole nitrogens is 1. The van der Waals surface area contributed by atoms with Gasteiger partial charge in [-0.05, 0) is 55.3 Å². The summed E-state index contributed by atoms with van der Waals surface area (Å²) in [6.07, 6.45) is 2.64. The minimum Gasteiger partial charge on any atom is -0.354 e. The van der Waals surface area contributed by atoms with Crippen LogP contribution in [0.4, 0.5) is 14.7 Å². The van der Waals surface area contributed by atoms with Crippen LogP contribution in [0.15, 0.2) is 53.5 Å². The third-order valence-electron chi connectivity index (χ3n) is 5.49. The first-order valence-electron chi connectivity index (χ1n) is 10.1. The summed E-state index contributed by atoms with van der Waals surface area (Å²) >= 11 is 0. The van der Waals surface area contributed by atoms with Crippen molar-refractivity contribution in [2.75, 3.05) is 25.0 Å². The van der Waals surface area contributed by atoms with Gasteiger partial charge in [0.25, 0.3) is 0 Å². The Kier molecular flexibility index (Phi) is 4.95. The van der Waals surface area contributed by atoms with E-state index in [4.69, 9.17) is 0 Å². The van der Waals surface area contributed by atoms with Gasteiger partial charge in [-0.3, -0.25) is 0 Å². The van der Waals surface area contributed by atoms with Gasteiger partial charge < -0.3 is 15.6 Å². The quantitative estimate of drug-likeness (QED) is 0.460. The highest BCUT2D eigenvalue weighted by atomic mass is 19.1. The van der Waals surface area contributed by atoms with Crippen LogP contribution in [0.1, 0.15) is 6.42 Å². The van der Waals surface area contributed by atoms with Crippen molar-refractivity contribution in [3.63, 3.8) is 0 Å². The van der Waals surface area contributed by atoms with Gasteiger partial charge in [-0.15, -0.1) is 0 Å². The molecule has 2 aromatic heterocycles. The molecule has 0 bridgehead atoms. The normalized spacial score (nSPS) is 16.1. The van der Waals surface area contributed by atoms with Crippen LogP contribution in [0.2, 0.25) is 0 Å². The smallest absolute Gasteiger partial charge is 0.332 e. The Balaban J connectivity index is 1.54. The number of fused-ring (bicyclic) bond motifs is 1. The van der Waals surface area contributed by atoms with E-state index in [9.17, 15) is 13.6 Å². The van der Waals surface area contributed by atoms with Crippen LogP contribution in [0.3, 0.4) is 0 Å². The van der Waals surface area contributed by atoms with E-state index in [2.05, 4.69) is 25.6 Å². The summed E-state index contributed by atoms with van der Waals surface area (Å²) < 4.78 is 29.9. The van der Waals surface area contributed by atoms with Gasteiger partial charge in [0.15, 0.2) is 5.65 Å². The van der Waals surface area contributed by atoms with E-state index in [-0.39, 0.29) is 5.56 Å². The van der Waals surface area contributed by atoms with Gasteiger partial charge in [-0.2, -0.15) is 4.98 Å². The number of hydrogen-bond acceptors (Lipinski definition) is 5. The highest BCUT2D eigenvalue weighted by Crippen LogP contribution is 2.28. The molecule has 1 aliphatic rings. The molecule has 0 spiro atoms. The molecular weight excluding hydrogens is 402 g/mol. The van der Waals surface area contributed by atoms with Gasteiger partial charge in [-0.1, -0.05) is 18.2 Å². The fourth-order valence-corrected chi connectivity index (χ4v) is 3.92. The number of halogens is 2. The predicted octanol–water partition coefficient (Wildman–Crippen LogP) is 3.08. The second-order valence-corrected chi connectivity index (χ2v) is 7.58. The first-order valence-corrected chi connectivity index (χ1v) is 10.1. The summed E-state index contributed by atoms with van der Waals surface area (Å²) in [4.78, 5) is 24.2. The van der Waals surface area contributed by atoms with Crippen molar-refractivity contribution in [1.29, 1.82) is 0 Å². The summed E-state index contributed by atoms with van der Waals surface area (Å²) in [6, 6.07) is 10.2. The fraction of sp³-hybridized carbons (Fsp3) is 0.227. The molecule has 0 radical (unpaired) electrons. The maximum Gasteiger partial charge on any atom is 0.332 e. The molecule has 158 valence electrons. The zero-order valence-corrected chi connectivity index (χ0v) is 16.5. The Bertz CT molecular complexity index is 1290. The monoisotopic (exact) mass is 422 g/mol. The van der Waals surface area contributed by atoms with Crippen LogP contribution >= 0.6 is 0 Å². The molecular formula is C22H20F2N6O. The van der Waals surface area contributed by atoms with E-state index in [0.717, 1.165) is 26.1 Å². The van der Waals surface area contributed by atoms with Crippen LogP contribution in [0.25, 0.3) is 28.0 Å². The topological polar surface area (TPSA) is 87.6 Å². The number of aromatic amines is 1. The number of anilines is 1. The Labute approximate surface area is 176 Å². The van der Waals surface area contributed by atoms with Crippen molar-refractivity contribution >= 4 is 17.1 Å². The number of hydrogen-bond donors (Lipinski definition) is 3. The van der Waals surface area contributed by atoms with Crippen LogP contribution in [-0.4, -0.2) is 39.2 Å². The third-order valence-corrected chi connectivity index (χ3v) is 5.49. The number of nitrogens with zero attached hydrogens (tertiary/aromatic N) is 3. The summed E-state index contributed by atoms with van der Waals surface area (Å²) in [7, 11) is 0. The van der Waals surface area contributed by atoms with E-state index in [1.807, 2.05) is 0 Å². The number of nitrogens with one attached hydrogen (secondary N) is 3. The lowest BCUT2D eigenvalue weighted by atomic mass is 10.0. The van der Waals surface area contributed by atoms with Crippen molar-refractivity contribution in [2.24, 2.45) is 5.92 Å². The molecule has 1 fully saturated rings. The minimum absolute atomic E-state index is 0.139. The molecule has 9 heteroatoms. The van der Waals surface area contributed by atoms with Crippen molar-refractivity contribution in [3.05, 3.63) is 70.8 Å². The Morgan fingerprint density at radius 2 is 1.97 bits per heavy atom. The zero-order chi connectivity index (χ0) is 21.4. The minimum atomic E-state index is -0.668. The summed E-state index contributed by atoms with van der Waals surface area (Å²) in [5.74, 6) is -0.416. The highest BCUT2D eigenvalue weighted by molar-refractivity contribution is 5.75. The summed E-state index contributed by atoms with van der Waals surface area (Å²) in [5, 5.41) is 6.54. The molecule has 2 aromatic carbocycles. The highest BCUT2D eigenvalue weighted by Gasteiger charge is 2.17. The fourth-order valence-electron chi connectivity index (χ4n) is 3.92. The second-order valence-electron chi connectivity index (χ2n) is 7.58. The molecule has 5 rings (SSSR count). The number of aromatic nitrogens is 4. The lowest BCUT2D eigenvalue weighted by Crippen LogP contribution is -2.18. The second kappa shape index (κ2) is 7.92. The number of rotatable bonds is 5. The van der Waals surface area contributed by atoms with Gasteiger partial charge in [0.2, 0.25) is 5.95 Å². The van der Waals surface area contributed by atoms with E-state index < -0.39 is 17.3 Å². The lowest BCUT2D eigenvalue weighted by molar-refractivity contribution is 0.589. The standard InChI is InChI=1S/C22H20F2N6O/c23-16-5-2-6-17(24)19(16)14-3-1-4-15(9-14)30-20-18(28-22(30)31)12-27-21(29-20)26-11-13-7-8-25-10-13/h1-6,9,12-13,25H,7-8,10-11H2,(H,28,31)(H,26,27,29)/t13-/m1/s1. The van der Waals surface area contributed by atoms with Crippen LogP contribution in [-0.2, 0) is 0 Å². The van der Waals surface area contributed by atoms with E-state index in [1.165, 1.54) is 22.8 Å². The van der Waals surface area contributed by atoms with Crippen molar-refractivity contribution in [3.8, 4) is 16.8 Å². The predicted molar refractivity (Wildman–Crippen MR) is 114 cm³/mol. The molecule has 1 aliphatic heterocycles. The zero-order valence-electron chi connectivity index (χ0n) is 16.5. The molecule has 4 aromatic rings. The van der Waals surface area contributed by atoms with E-state index >= 15 is 0 Å². The molecule has 3 N–H and O–H groups in total. The number of benzene rings is 2. The molecule has 1 atom stereocenters. The number of imidazole rings is 1. The maximum atomic E-state index is 14.3. The van der Waals surface area contributed by atoms with Crippen LogP contribution in [0.5, 0.6) is 0 Å². The average molecular weight is 422 g/mol. The van der Waals surface area contributed by atoms with Gasteiger partial charge in [0.05, 0.1) is 17.4 Å². The van der Waals surface area contributed by atoms with Crippen molar-refractivity contribution in [1.82, 2.24) is 24.8 Å². The Morgan fingerprint density at radius 3 is 2.74 bits per heavy atom. The molecule has 31 heavy (non-hydrogen) atoms.